The van der Waals surface area contributed by atoms with Crippen molar-refractivity contribution >= 4 is 29.2 Å². The van der Waals surface area contributed by atoms with E-state index >= 15 is 0 Å². The first-order chi connectivity index (χ1) is 12.0. The van der Waals surface area contributed by atoms with Gasteiger partial charge in [0.05, 0.1) is 25.3 Å². The van der Waals surface area contributed by atoms with Gasteiger partial charge in [-0.05, 0) is 35.9 Å². The first kappa shape index (κ1) is 16.6. The summed E-state index contributed by atoms with van der Waals surface area (Å²) in [7, 11) is 5.03. The van der Waals surface area contributed by atoms with Gasteiger partial charge in [0.15, 0.2) is 11.5 Å². The van der Waals surface area contributed by atoms with Crippen LogP contribution in [0, 0.1) is 0 Å². The number of nitrogens with zero attached hydrogens (tertiary/aromatic N) is 2. The molecule has 3 aromatic rings. The molecule has 3 rings (SSSR count). The molecule has 0 saturated heterocycles. The van der Waals surface area contributed by atoms with Gasteiger partial charge in [0, 0.05) is 7.05 Å². The lowest BCUT2D eigenvalue weighted by molar-refractivity contribution is 0.0699. The molecule has 0 radical (unpaired) electrons. The van der Waals surface area contributed by atoms with Gasteiger partial charge in [-0.15, -0.1) is 0 Å². The third kappa shape index (κ3) is 3.06. The number of fused-ring (bicyclic) bond motifs is 1. The fourth-order valence-electron chi connectivity index (χ4n) is 2.68. The second-order valence-corrected chi connectivity index (χ2v) is 5.46. The minimum atomic E-state index is -0.987. The van der Waals surface area contributed by atoms with Gasteiger partial charge in [0.25, 0.3) is 0 Å². The molecule has 128 valence electrons. The molecular formula is C19H18N2O4. The number of imidazole rings is 1. The first-order valence-electron chi connectivity index (χ1n) is 7.64. The van der Waals surface area contributed by atoms with Crippen LogP contribution in [0.3, 0.4) is 0 Å². The summed E-state index contributed by atoms with van der Waals surface area (Å²) in [5, 5.41) is 9.30. The van der Waals surface area contributed by atoms with Crippen molar-refractivity contribution in [2.24, 2.45) is 7.05 Å². The van der Waals surface area contributed by atoms with Crippen LogP contribution in [0.4, 0.5) is 0 Å². The molecule has 0 atom stereocenters. The van der Waals surface area contributed by atoms with E-state index in [0.29, 0.717) is 22.8 Å². The topological polar surface area (TPSA) is 73.6 Å². The molecule has 0 fully saturated rings. The largest absolute Gasteiger partial charge is 0.493 e. The fraction of sp³-hybridized carbons (Fsp3) is 0.158. The zero-order valence-corrected chi connectivity index (χ0v) is 14.2. The third-order valence-corrected chi connectivity index (χ3v) is 4.01. The number of hydrogen-bond acceptors (Lipinski definition) is 4. The summed E-state index contributed by atoms with van der Waals surface area (Å²) in [6.45, 7) is 0. The summed E-state index contributed by atoms with van der Waals surface area (Å²) >= 11 is 0. The van der Waals surface area contributed by atoms with E-state index in [1.165, 1.54) is 0 Å². The number of ether oxygens (including phenoxy) is 2. The smallest absolute Gasteiger partial charge is 0.337 e. The number of hydrogen-bond donors (Lipinski definition) is 1. The van der Waals surface area contributed by atoms with Crippen molar-refractivity contribution in [3.05, 3.63) is 53.3 Å². The van der Waals surface area contributed by atoms with E-state index in [2.05, 4.69) is 4.98 Å². The van der Waals surface area contributed by atoms with Crippen molar-refractivity contribution in [1.82, 2.24) is 9.55 Å². The first-order valence-corrected chi connectivity index (χ1v) is 7.64. The molecule has 6 nitrogen and oxygen atoms in total. The normalized spacial score (nSPS) is 11.2. The fourth-order valence-corrected chi connectivity index (χ4v) is 2.68. The molecular weight excluding hydrogens is 320 g/mol. The van der Waals surface area contributed by atoms with Crippen LogP contribution in [0.2, 0.25) is 0 Å². The number of para-hydroxylation sites is 1. The van der Waals surface area contributed by atoms with Gasteiger partial charge in [-0.2, -0.15) is 0 Å². The molecule has 1 N–H and O–H groups in total. The van der Waals surface area contributed by atoms with E-state index in [-0.39, 0.29) is 5.56 Å². The van der Waals surface area contributed by atoms with Crippen molar-refractivity contribution < 1.29 is 19.4 Å². The number of carbonyl (C=O) groups is 1. The Balaban J connectivity index is 2.01. The minimum Gasteiger partial charge on any atom is -0.493 e. The summed E-state index contributed by atoms with van der Waals surface area (Å²) in [6, 6.07) is 10.7. The highest BCUT2D eigenvalue weighted by Gasteiger charge is 2.13. The van der Waals surface area contributed by atoms with Crippen LogP contribution < -0.4 is 9.47 Å². The van der Waals surface area contributed by atoms with Crippen LogP contribution in [0.5, 0.6) is 11.5 Å². The quantitative estimate of drug-likeness (QED) is 0.771. The van der Waals surface area contributed by atoms with Crippen molar-refractivity contribution in [3.63, 3.8) is 0 Å². The Morgan fingerprint density at radius 2 is 1.88 bits per heavy atom. The number of methoxy groups -OCH3 is 2. The molecule has 25 heavy (non-hydrogen) atoms. The molecule has 0 saturated carbocycles. The van der Waals surface area contributed by atoms with Gasteiger partial charge in [-0.3, -0.25) is 0 Å². The standard InChI is InChI=1S/C19H18N2O4/c1-21-14-6-4-5-13(19(22)23)18(14)20-17(21)10-8-12-7-9-15(24-2)16(11-12)25-3/h4-11H,1-3H3,(H,22,23). The van der Waals surface area contributed by atoms with Crippen LogP contribution in [0.25, 0.3) is 23.2 Å². The summed E-state index contributed by atoms with van der Waals surface area (Å²) in [4.78, 5) is 15.8. The monoisotopic (exact) mass is 338 g/mol. The molecule has 1 aromatic heterocycles. The maximum absolute atomic E-state index is 11.4. The lowest BCUT2D eigenvalue weighted by Gasteiger charge is -2.07. The van der Waals surface area contributed by atoms with E-state index in [1.54, 1.807) is 26.4 Å². The zero-order chi connectivity index (χ0) is 18.0. The van der Waals surface area contributed by atoms with E-state index in [0.717, 1.165) is 11.1 Å². The highest BCUT2D eigenvalue weighted by Crippen LogP contribution is 2.28. The van der Waals surface area contributed by atoms with Gasteiger partial charge in [-0.25, -0.2) is 9.78 Å². The number of aromatic nitrogens is 2. The van der Waals surface area contributed by atoms with Gasteiger partial charge in [0.2, 0.25) is 0 Å². The molecule has 0 aliphatic heterocycles. The van der Waals surface area contributed by atoms with Crippen LogP contribution >= 0.6 is 0 Å². The molecule has 0 amide bonds. The predicted molar refractivity (Wildman–Crippen MR) is 96.1 cm³/mol. The van der Waals surface area contributed by atoms with Gasteiger partial charge in [-0.1, -0.05) is 18.2 Å². The maximum atomic E-state index is 11.4. The third-order valence-electron chi connectivity index (χ3n) is 4.01. The predicted octanol–water partition coefficient (Wildman–Crippen LogP) is 3.46. The molecule has 0 aliphatic carbocycles. The molecule has 0 aliphatic rings. The SMILES string of the molecule is COc1ccc(C=Cc2nc3c(C(=O)O)cccc3n2C)cc1OC. The van der Waals surface area contributed by atoms with E-state index in [4.69, 9.17) is 9.47 Å². The molecule has 2 aromatic carbocycles. The van der Waals surface area contributed by atoms with Gasteiger partial charge in [0.1, 0.15) is 11.3 Å². The van der Waals surface area contributed by atoms with Crippen LogP contribution in [-0.2, 0) is 7.05 Å². The molecule has 0 bridgehead atoms. The molecule has 0 spiro atoms. The average Bonchev–Trinajstić information content (AvgIpc) is 2.95. The van der Waals surface area contributed by atoms with Crippen molar-refractivity contribution in [2.75, 3.05) is 14.2 Å². The Kier molecular flexibility index (Phi) is 4.43. The lowest BCUT2D eigenvalue weighted by Crippen LogP contribution is -1.97. The highest BCUT2D eigenvalue weighted by molar-refractivity contribution is 6.01. The van der Waals surface area contributed by atoms with Crippen LogP contribution in [0.1, 0.15) is 21.7 Å². The number of carboxylic acid groups (broad SMARTS) is 1. The van der Waals surface area contributed by atoms with E-state index in [9.17, 15) is 9.90 Å². The number of benzene rings is 2. The Labute approximate surface area is 144 Å². The Morgan fingerprint density at radius 3 is 2.56 bits per heavy atom. The highest BCUT2D eigenvalue weighted by atomic mass is 16.5. The maximum Gasteiger partial charge on any atom is 0.337 e. The summed E-state index contributed by atoms with van der Waals surface area (Å²) < 4.78 is 12.4. The zero-order valence-electron chi connectivity index (χ0n) is 14.2. The summed E-state index contributed by atoms with van der Waals surface area (Å²) in [6.07, 6.45) is 3.73. The second-order valence-electron chi connectivity index (χ2n) is 5.46. The van der Waals surface area contributed by atoms with Crippen molar-refractivity contribution in [3.8, 4) is 11.5 Å². The number of rotatable bonds is 5. The molecule has 1 heterocycles. The van der Waals surface area contributed by atoms with Crippen LogP contribution in [0.15, 0.2) is 36.4 Å². The average molecular weight is 338 g/mol. The van der Waals surface area contributed by atoms with E-state index in [1.807, 2.05) is 48.0 Å². The lowest BCUT2D eigenvalue weighted by atomic mass is 10.2. The summed E-state index contributed by atoms with van der Waals surface area (Å²) in [5.74, 6) is 0.980. The Hall–Kier alpha value is -3.28. The van der Waals surface area contributed by atoms with E-state index < -0.39 is 5.97 Å². The minimum absolute atomic E-state index is 0.193. The van der Waals surface area contributed by atoms with Crippen molar-refractivity contribution in [1.29, 1.82) is 0 Å². The number of aryl methyl sites for hydroxylation is 1. The Morgan fingerprint density at radius 1 is 1.12 bits per heavy atom. The molecule has 6 heteroatoms. The number of aromatic carboxylic acids is 1. The second kappa shape index (κ2) is 6.68. The van der Waals surface area contributed by atoms with Gasteiger partial charge >= 0.3 is 5.97 Å². The van der Waals surface area contributed by atoms with Gasteiger partial charge < -0.3 is 19.1 Å². The number of carboxylic acids is 1. The molecule has 0 unspecified atom stereocenters. The Bertz CT molecular complexity index is 973. The summed E-state index contributed by atoms with van der Waals surface area (Å²) in [5.41, 5.74) is 2.36. The van der Waals surface area contributed by atoms with Crippen molar-refractivity contribution in [2.45, 2.75) is 0 Å². The van der Waals surface area contributed by atoms with Crippen LogP contribution in [-0.4, -0.2) is 34.8 Å².